The highest BCUT2D eigenvalue weighted by atomic mass is 16.5. The quantitative estimate of drug-likeness (QED) is 0.732. The predicted molar refractivity (Wildman–Crippen MR) is 65.1 cm³/mol. The molecule has 0 bridgehead atoms. The Morgan fingerprint density at radius 2 is 1.87 bits per heavy atom. The van der Waals surface area contributed by atoms with Crippen molar-refractivity contribution in [2.75, 3.05) is 13.2 Å². The number of ether oxygens (including phenoxy) is 1. The van der Waals surface area contributed by atoms with Crippen LogP contribution in [-0.2, 0) is 4.74 Å². The van der Waals surface area contributed by atoms with Crippen LogP contribution in [0.5, 0.6) is 0 Å². The van der Waals surface area contributed by atoms with Crippen LogP contribution in [0.15, 0.2) is 0 Å². The van der Waals surface area contributed by atoms with E-state index in [0.29, 0.717) is 12.1 Å². The molecule has 0 radical (unpaired) electrons. The second kappa shape index (κ2) is 7.24. The standard InChI is InChI=1S/C13H27NO/c1-4-14-11(2)12(3)15-10-13-8-6-5-7-9-13/h11-14H,4-10H2,1-3H3. The SMILES string of the molecule is CCNC(C)C(C)OCC1CCCCC1. The van der Waals surface area contributed by atoms with Crippen molar-refractivity contribution in [1.82, 2.24) is 5.32 Å². The van der Waals surface area contributed by atoms with Crippen molar-refractivity contribution in [3.05, 3.63) is 0 Å². The maximum absolute atomic E-state index is 5.93. The Balaban J connectivity index is 2.11. The highest BCUT2D eigenvalue weighted by molar-refractivity contribution is 4.70. The van der Waals surface area contributed by atoms with Gasteiger partial charge in [-0.25, -0.2) is 0 Å². The summed E-state index contributed by atoms with van der Waals surface area (Å²) in [7, 11) is 0. The minimum Gasteiger partial charge on any atom is -0.377 e. The molecule has 2 unspecified atom stereocenters. The third-order valence-corrected chi connectivity index (χ3v) is 3.55. The summed E-state index contributed by atoms with van der Waals surface area (Å²) >= 11 is 0. The van der Waals surface area contributed by atoms with E-state index in [0.717, 1.165) is 19.1 Å². The monoisotopic (exact) mass is 213 g/mol. The average Bonchev–Trinajstić information content (AvgIpc) is 2.27. The number of likely N-dealkylation sites (N-methyl/N-ethyl adjacent to an activating group) is 1. The van der Waals surface area contributed by atoms with Gasteiger partial charge in [-0.05, 0) is 39.2 Å². The Labute approximate surface area is 94.8 Å². The van der Waals surface area contributed by atoms with Gasteiger partial charge in [0.2, 0.25) is 0 Å². The smallest absolute Gasteiger partial charge is 0.0697 e. The molecule has 2 atom stereocenters. The zero-order chi connectivity index (χ0) is 11.1. The van der Waals surface area contributed by atoms with E-state index < -0.39 is 0 Å². The van der Waals surface area contributed by atoms with Crippen LogP contribution < -0.4 is 5.32 Å². The average molecular weight is 213 g/mol. The summed E-state index contributed by atoms with van der Waals surface area (Å²) in [6.07, 6.45) is 7.34. The lowest BCUT2D eigenvalue weighted by Gasteiger charge is -2.26. The summed E-state index contributed by atoms with van der Waals surface area (Å²) in [4.78, 5) is 0. The van der Waals surface area contributed by atoms with Crippen LogP contribution in [0.4, 0.5) is 0 Å². The Bertz CT molecular complexity index is 155. The van der Waals surface area contributed by atoms with E-state index in [2.05, 4.69) is 26.1 Å². The molecule has 1 aliphatic rings. The normalized spacial score (nSPS) is 22.6. The van der Waals surface area contributed by atoms with Gasteiger partial charge in [0.1, 0.15) is 0 Å². The van der Waals surface area contributed by atoms with Crippen LogP contribution in [0.1, 0.15) is 52.9 Å². The van der Waals surface area contributed by atoms with Crippen LogP contribution in [0.3, 0.4) is 0 Å². The third-order valence-electron chi connectivity index (χ3n) is 3.55. The molecule has 2 nitrogen and oxygen atoms in total. The summed E-state index contributed by atoms with van der Waals surface area (Å²) in [5.74, 6) is 0.829. The highest BCUT2D eigenvalue weighted by Gasteiger charge is 2.17. The van der Waals surface area contributed by atoms with Gasteiger partial charge >= 0.3 is 0 Å². The van der Waals surface area contributed by atoms with Crippen molar-refractivity contribution in [1.29, 1.82) is 0 Å². The van der Waals surface area contributed by atoms with Gasteiger partial charge in [0.25, 0.3) is 0 Å². The molecule has 1 aliphatic carbocycles. The molecule has 0 aromatic carbocycles. The first-order valence-electron chi connectivity index (χ1n) is 6.59. The molecule has 0 aromatic heterocycles. The van der Waals surface area contributed by atoms with Crippen LogP contribution >= 0.6 is 0 Å². The molecule has 0 aromatic rings. The van der Waals surface area contributed by atoms with Gasteiger partial charge in [-0.15, -0.1) is 0 Å². The van der Waals surface area contributed by atoms with Gasteiger partial charge in [0.05, 0.1) is 6.10 Å². The van der Waals surface area contributed by atoms with Gasteiger partial charge < -0.3 is 10.1 Å². The van der Waals surface area contributed by atoms with E-state index in [4.69, 9.17) is 4.74 Å². The van der Waals surface area contributed by atoms with Crippen LogP contribution in [0.25, 0.3) is 0 Å². The molecule has 0 aliphatic heterocycles. The summed E-state index contributed by atoms with van der Waals surface area (Å²) in [5, 5.41) is 3.41. The van der Waals surface area contributed by atoms with Gasteiger partial charge in [-0.1, -0.05) is 26.2 Å². The Kier molecular flexibility index (Phi) is 6.26. The molecule has 0 spiro atoms. The third kappa shape index (κ3) is 4.98. The fraction of sp³-hybridized carbons (Fsp3) is 1.00. The number of hydrogen-bond acceptors (Lipinski definition) is 2. The number of nitrogens with one attached hydrogen (secondary N) is 1. The molecule has 1 rings (SSSR count). The summed E-state index contributed by atoms with van der Waals surface area (Å²) < 4.78 is 5.93. The summed E-state index contributed by atoms with van der Waals surface area (Å²) in [6, 6.07) is 0.471. The van der Waals surface area contributed by atoms with E-state index in [1.807, 2.05) is 0 Å². The van der Waals surface area contributed by atoms with E-state index in [1.165, 1.54) is 32.1 Å². The maximum atomic E-state index is 5.93. The Morgan fingerprint density at radius 3 is 2.47 bits per heavy atom. The maximum Gasteiger partial charge on any atom is 0.0697 e. The summed E-state index contributed by atoms with van der Waals surface area (Å²) in [6.45, 7) is 8.52. The molecular weight excluding hydrogens is 186 g/mol. The van der Waals surface area contributed by atoms with E-state index in [9.17, 15) is 0 Å². The van der Waals surface area contributed by atoms with Crippen molar-refractivity contribution < 1.29 is 4.74 Å². The Morgan fingerprint density at radius 1 is 1.20 bits per heavy atom. The second-order valence-electron chi connectivity index (χ2n) is 4.89. The van der Waals surface area contributed by atoms with Crippen LogP contribution in [-0.4, -0.2) is 25.3 Å². The van der Waals surface area contributed by atoms with Crippen molar-refractivity contribution in [2.45, 2.75) is 65.0 Å². The fourth-order valence-corrected chi connectivity index (χ4v) is 2.27. The zero-order valence-electron chi connectivity index (χ0n) is 10.6. The molecule has 0 amide bonds. The predicted octanol–water partition coefficient (Wildman–Crippen LogP) is 2.97. The molecule has 15 heavy (non-hydrogen) atoms. The van der Waals surface area contributed by atoms with E-state index in [1.54, 1.807) is 0 Å². The fourth-order valence-electron chi connectivity index (χ4n) is 2.27. The lowest BCUT2D eigenvalue weighted by molar-refractivity contribution is 0.0138. The number of rotatable bonds is 6. The van der Waals surface area contributed by atoms with E-state index >= 15 is 0 Å². The topological polar surface area (TPSA) is 21.3 Å². The molecule has 1 N–H and O–H groups in total. The van der Waals surface area contributed by atoms with Crippen molar-refractivity contribution in [3.63, 3.8) is 0 Å². The second-order valence-corrected chi connectivity index (χ2v) is 4.89. The zero-order valence-corrected chi connectivity index (χ0v) is 10.6. The van der Waals surface area contributed by atoms with E-state index in [-0.39, 0.29) is 0 Å². The first-order chi connectivity index (χ1) is 7.24. The number of hydrogen-bond donors (Lipinski definition) is 1. The minimum absolute atomic E-state index is 0.340. The van der Waals surface area contributed by atoms with Gasteiger partial charge in [-0.3, -0.25) is 0 Å². The highest BCUT2D eigenvalue weighted by Crippen LogP contribution is 2.24. The van der Waals surface area contributed by atoms with Gasteiger partial charge in [0, 0.05) is 12.6 Å². The van der Waals surface area contributed by atoms with Crippen molar-refractivity contribution in [2.24, 2.45) is 5.92 Å². The first kappa shape index (κ1) is 13.0. The molecule has 2 heteroatoms. The van der Waals surface area contributed by atoms with Crippen molar-refractivity contribution in [3.8, 4) is 0 Å². The molecule has 0 saturated heterocycles. The van der Waals surface area contributed by atoms with Gasteiger partial charge in [-0.2, -0.15) is 0 Å². The van der Waals surface area contributed by atoms with Crippen molar-refractivity contribution >= 4 is 0 Å². The lowest BCUT2D eigenvalue weighted by atomic mass is 9.90. The summed E-state index contributed by atoms with van der Waals surface area (Å²) in [5.41, 5.74) is 0. The van der Waals surface area contributed by atoms with Crippen LogP contribution in [0.2, 0.25) is 0 Å². The first-order valence-corrected chi connectivity index (χ1v) is 6.59. The molecule has 1 saturated carbocycles. The molecule has 1 fully saturated rings. The van der Waals surface area contributed by atoms with Crippen LogP contribution in [0, 0.1) is 5.92 Å². The largest absolute Gasteiger partial charge is 0.377 e. The molecule has 0 heterocycles. The Hall–Kier alpha value is -0.0800. The van der Waals surface area contributed by atoms with Gasteiger partial charge in [0.15, 0.2) is 0 Å². The minimum atomic E-state index is 0.340. The lowest BCUT2D eigenvalue weighted by Crippen LogP contribution is -2.37. The molecule has 90 valence electrons. The molecular formula is C13H27NO.